The summed E-state index contributed by atoms with van der Waals surface area (Å²) in [5.41, 5.74) is 1.44. The third-order valence-electron chi connectivity index (χ3n) is 3.11. The van der Waals surface area contributed by atoms with Crippen molar-refractivity contribution in [3.05, 3.63) is 41.3 Å². The minimum atomic E-state index is -0.762. The van der Waals surface area contributed by atoms with Gasteiger partial charge in [0, 0.05) is 6.92 Å². The number of hydrogen-bond donors (Lipinski definition) is 1. The van der Waals surface area contributed by atoms with E-state index >= 15 is 0 Å². The van der Waals surface area contributed by atoms with E-state index in [4.69, 9.17) is 4.74 Å². The maximum atomic E-state index is 12.5. The number of benzene rings is 1. The zero-order valence-corrected chi connectivity index (χ0v) is 11.5. The molecule has 0 radical (unpaired) electrons. The molecule has 2 rings (SSSR count). The van der Waals surface area contributed by atoms with Gasteiger partial charge in [0.15, 0.2) is 5.78 Å². The third-order valence-corrected chi connectivity index (χ3v) is 3.11. The van der Waals surface area contributed by atoms with Gasteiger partial charge < -0.3 is 10.1 Å². The van der Waals surface area contributed by atoms with Gasteiger partial charge >= 0.3 is 5.97 Å². The van der Waals surface area contributed by atoms with Crippen LogP contribution in [0, 0.1) is 6.92 Å². The number of carbonyl (C=O) groups excluding carboxylic acids is 2. The Hall–Kier alpha value is -2.10. The SMILES string of the molecule is CC(=O)OC1=C(c2ccccc2C)C(=O)C(C)(C)N1. The Morgan fingerprint density at radius 1 is 1.26 bits per heavy atom. The number of Topliss-reactive ketones (excluding diaryl/α,β-unsaturated/α-hetero) is 1. The van der Waals surface area contributed by atoms with E-state index in [9.17, 15) is 9.59 Å². The molecule has 0 atom stereocenters. The lowest BCUT2D eigenvalue weighted by Gasteiger charge is -2.17. The molecule has 1 aromatic rings. The summed E-state index contributed by atoms with van der Waals surface area (Å²) in [6.07, 6.45) is 0. The number of aryl methyl sites for hydroxylation is 1. The molecular formula is C15H17NO3. The van der Waals surface area contributed by atoms with Gasteiger partial charge in [0.05, 0.1) is 11.1 Å². The average Bonchev–Trinajstić information content (AvgIpc) is 2.50. The Kier molecular flexibility index (Phi) is 3.18. The summed E-state index contributed by atoms with van der Waals surface area (Å²) in [4.78, 5) is 23.6. The van der Waals surface area contributed by atoms with E-state index < -0.39 is 11.5 Å². The fourth-order valence-corrected chi connectivity index (χ4v) is 2.14. The van der Waals surface area contributed by atoms with Crippen LogP contribution < -0.4 is 5.32 Å². The smallest absolute Gasteiger partial charge is 0.309 e. The van der Waals surface area contributed by atoms with E-state index in [-0.39, 0.29) is 11.7 Å². The molecule has 0 aliphatic carbocycles. The number of ketones is 1. The van der Waals surface area contributed by atoms with Crippen LogP contribution in [0.4, 0.5) is 0 Å². The molecule has 0 saturated heterocycles. The van der Waals surface area contributed by atoms with Crippen molar-refractivity contribution in [2.75, 3.05) is 0 Å². The first kappa shape index (κ1) is 13.3. The van der Waals surface area contributed by atoms with Gasteiger partial charge in [-0.2, -0.15) is 0 Å². The highest BCUT2D eigenvalue weighted by Crippen LogP contribution is 2.33. The molecule has 4 nitrogen and oxygen atoms in total. The molecular weight excluding hydrogens is 242 g/mol. The number of esters is 1. The van der Waals surface area contributed by atoms with Crippen LogP contribution in [0.25, 0.3) is 5.57 Å². The second-order valence-electron chi connectivity index (χ2n) is 5.19. The molecule has 1 aliphatic heterocycles. The molecule has 0 saturated carbocycles. The van der Waals surface area contributed by atoms with Crippen molar-refractivity contribution in [2.45, 2.75) is 33.2 Å². The maximum absolute atomic E-state index is 12.5. The molecule has 0 unspecified atom stereocenters. The summed E-state index contributed by atoms with van der Waals surface area (Å²) < 4.78 is 5.15. The van der Waals surface area contributed by atoms with E-state index in [1.165, 1.54) is 6.92 Å². The lowest BCUT2D eigenvalue weighted by atomic mass is 9.91. The summed E-state index contributed by atoms with van der Waals surface area (Å²) in [7, 11) is 0. The molecule has 0 bridgehead atoms. The summed E-state index contributed by atoms with van der Waals surface area (Å²) in [5.74, 6) is -0.270. The van der Waals surface area contributed by atoms with Crippen LogP contribution in [-0.4, -0.2) is 17.3 Å². The molecule has 19 heavy (non-hydrogen) atoms. The van der Waals surface area contributed by atoms with Gasteiger partial charge in [-0.3, -0.25) is 9.59 Å². The highest BCUT2D eigenvalue weighted by atomic mass is 16.5. The van der Waals surface area contributed by atoms with Crippen LogP contribution in [0.5, 0.6) is 0 Å². The first-order valence-electron chi connectivity index (χ1n) is 6.14. The zero-order valence-electron chi connectivity index (χ0n) is 11.5. The normalized spacial score (nSPS) is 17.4. The molecule has 1 heterocycles. The van der Waals surface area contributed by atoms with Gasteiger partial charge in [0.2, 0.25) is 5.88 Å². The number of carbonyl (C=O) groups is 2. The Morgan fingerprint density at radius 2 is 1.89 bits per heavy atom. The van der Waals surface area contributed by atoms with Gasteiger partial charge in [0.1, 0.15) is 0 Å². The van der Waals surface area contributed by atoms with Gasteiger partial charge in [-0.25, -0.2) is 0 Å². The van der Waals surface area contributed by atoms with Gasteiger partial charge in [-0.05, 0) is 31.9 Å². The Labute approximate surface area is 112 Å². The summed E-state index contributed by atoms with van der Waals surface area (Å²) >= 11 is 0. The molecule has 1 N–H and O–H groups in total. The van der Waals surface area contributed by atoms with E-state index in [1.54, 1.807) is 13.8 Å². The molecule has 100 valence electrons. The van der Waals surface area contributed by atoms with Crippen molar-refractivity contribution >= 4 is 17.3 Å². The lowest BCUT2D eigenvalue weighted by Crippen LogP contribution is -2.40. The van der Waals surface area contributed by atoms with Crippen molar-refractivity contribution in [1.29, 1.82) is 0 Å². The molecule has 1 aromatic carbocycles. The average molecular weight is 259 g/mol. The second kappa shape index (κ2) is 4.53. The highest BCUT2D eigenvalue weighted by molar-refractivity contribution is 6.27. The standard InChI is InChI=1S/C15H17NO3/c1-9-7-5-6-8-11(9)12-13(18)15(3,4)16-14(12)19-10(2)17/h5-8,16H,1-4H3. The Balaban J connectivity index is 2.57. The lowest BCUT2D eigenvalue weighted by molar-refractivity contribution is -0.137. The predicted octanol–water partition coefficient (Wildman–Crippen LogP) is 2.18. The Morgan fingerprint density at radius 3 is 2.47 bits per heavy atom. The predicted molar refractivity (Wildman–Crippen MR) is 72.1 cm³/mol. The van der Waals surface area contributed by atoms with E-state index in [1.807, 2.05) is 31.2 Å². The minimum Gasteiger partial charge on any atom is -0.409 e. The fraction of sp³-hybridized carbons (Fsp3) is 0.333. The van der Waals surface area contributed by atoms with Crippen molar-refractivity contribution in [3.63, 3.8) is 0 Å². The molecule has 4 heteroatoms. The second-order valence-corrected chi connectivity index (χ2v) is 5.19. The van der Waals surface area contributed by atoms with Crippen LogP contribution in [0.1, 0.15) is 31.9 Å². The third kappa shape index (κ3) is 2.38. The molecule has 1 aliphatic rings. The fourth-order valence-electron chi connectivity index (χ4n) is 2.14. The zero-order chi connectivity index (χ0) is 14.2. The topological polar surface area (TPSA) is 55.4 Å². The van der Waals surface area contributed by atoms with Crippen molar-refractivity contribution in [2.24, 2.45) is 0 Å². The van der Waals surface area contributed by atoms with Crippen LogP contribution in [-0.2, 0) is 14.3 Å². The van der Waals surface area contributed by atoms with E-state index in [0.717, 1.165) is 11.1 Å². The molecule has 0 aromatic heterocycles. The largest absolute Gasteiger partial charge is 0.409 e. The van der Waals surface area contributed by atoms with Gasteiger partial charge in [0.25, 0.3) is 0 Å². The van der Waals surface area contributed by atoms with Crippen molar-refractivity contribution in [1.82, 2.24) is 5.32 Å². The van der Waals surface area contributed by atoms with Crippen LogP contribution in [0.15, 0.2) is 30.1 Å². The van der Waals surface area contributed by atoms with E-state index in [2.05, 4.69) is 5.32 Å². The number of hydrogen-bond acceptors (Lipinski definition) is 4. The van der Waals surface area contributed by atoms with Crippen molar-refractivity contribution < 1.29 is 14.3 Å². The minimum absolute atomic E-state index is 0.0712. The summed E-state index contributed by atoms with van der Waals surface area (Å²) in [6, 6.07) is 7.55. The summed E-state index contributed by atoms with van der Waals surface area (Å²) in [6.45, 7) is 6.78. The summed E-state index contributed by atoms with van der Waals surface area (Å²) in [5, 5.41) is 2.97. The first-order valence-corrected chi connectivity index (χ1v) is 6.14. The number of rotatable bonds is 2. The van der Waals surface area contributed by atoms with E-state index in [0.29, 0.717) is 5.57 Å². The molecule has 0 fully saturated rings. The highest BCUT2D eigenvalue weighted by Gasteiger charge is 2.41. The molecule has 0 amide bonds. The first-order chi connectivity index (χ1) is 8.83. The number of ether oxygens (including phenoxy) is 1. The molecule has 0 spiro atoms. The quantitative estimate of drug-likeness (QED) is 0.827. The number of nitrogens with one attached hydrogen (secondary N) is 1. The van der Waals surface area contributed by atoms with Crippen LogP contribution >= 0.6 is 0 Å². The Bertz CT molecular complexity index is 585. The van der Waals surface area contributed by atoms with Gasteiger partial charge in [-0.15, -0.1) is 0 Å². The van der Waals surface area contributed by atoms with Crippen LogP contribution in [0.3, 0.4) is 0 Å². The maximum Gasteiger partial charge on any atom is 0.309 e. The monoisotopic (exact) mass is 259 g/mol. The van der Waals surface area contributed by atoms with Crippen LogP contribution in [0.2, 0.25) is 0 Å². The van der Waals surface area contributed by atoms with Crippen molar-refractivity contribution in [3.8, 4) is 0 Å². The van der Waals surface area contributed by atoms with Gasteiger partial charge in [-0.1, -0.05) is 24.3 Å².